The zero-order valence-electron chi connectivity index (χ0n) is 15.1. The van der Waals surface area contributed by atoms with Gasteiger partial charge in [-0.3, -0.25) is 9.59 Å². The second-order valence-electron chi connectivity index (χ2n) is 6.91. The van der Waals surface area contributed by atoms with Crippen molar-refractivity contribution in [3.8, 4) is 11.3 Å². The number of aryl methyl sites for hydroxylation is 1. The average molecular weight is 363 g/mol. The molecule has 1 saturated carbocycles. The molecular formula is C21H21N3O3. The molecule has 138 valence electrons. The molecule has 1 aliphatic rings. The normalized spacial score (nSPS) is 14.4. The molecule has 2 N–H and O–H groups in total. The number of hydrogen-bond acceptors (Lipinski definition) is 4. The van der Waals surface area contributed by atoms with Gasteiger partial charge in [-0.15, -0.1) is 0 Å². The minimum absolute atomic E-state index is 0.175. The molecule has 0 atom stereocenters. The number of hydrogen-bond donors (Lipinski definition) is 2. The van der Waals surface area contributed by atoms with Crippen LogP contribution in [-0.4, -0.2) is 27.9 Å². The number of ketones is 1. The smallest absolute Gasteiger partial charge is 0.267 e. The largest absolute Gasteiger partial charge is 0.360 e. The maximum absolute atomic E-state index is 13.1. The van der Waals surface area contributed by atoms with Gasteiger partial charge in [0.2, 0.25) is 0 Å². The van der Waals surface area contributed by atoms with Crippen LogP contribution < -0.4 is 5.32 Å². The van der Waals surface area contributed by atoms with Gasteiger partial charge >= 0.3 is 0 Å². The summed E-state index contributed by atoms with van der Waals surface area (Å²) in [5, 5.41) is 7.08. The first-order valence-electron chi connectivity index (χ1n) is 9.19. The number of rotatable bonds is 5. The van der Waals surface area contributed by atoms with E-state index in [1.807, 2.05) is 30.3 Å². The number of H-pyrrole nitrogens is 1. The third kappa shape index (κ3) is 3.43. The number of carbonyl (C=O) groups excluding carboxylic acids is 2. The van der Waals surface area contributed by atoms with Crippen LogP contribution in [0.25, 0.3) is 11.3 Å². The van der Waals surface area contributed by atoms with Crippen molar-refractivity contribution in [2.75, 3.05) is 0 Å². The van der Waals surface area contributed by atoms with Gasteiger partial charge in [-0.05, 0) is 25.8 Å². The van der Waals surface area contributed by atoms with Gasteiger partial charge in [0.1, 0.15) is 17.1 Å². The van der Waals surface area contributed by atoms with E-state index in [0.717, 1.165) is 31.2 Å². The van der Waals surface area contributed by atoms with Crippen molar-refractivity contribution < 1.29 is 14.1 Å². The van der Waals surface area contributed by atoms with E-state index in [4.69, 9.17) is 4.52 Å². The summed E-state index contributed by atoms with van der Waals surface area (Å²) in [6.07, 6.45) is 5.88. The molecule has 1 aromatic carbocycles. The third-order valence-corrected chi connectivity index (χ3v) is 5.02. The highest BCUT2D eigenvalue weighted by atomic mass is 16.5. The van der Waals surface area contributed by atoms with Crippen molar-refractivity contribution in [2.45, 2.75) is 38.6 Å². The van der Waals surface area contributed by atoms with Crippen LogP contribution >= 0.6 is 0 Å². The lowest BCUT2D eigenvalue weighted by atomic mass is 9.99. The van der Waals surface area contributed by atoms with Crippen LogP contribution in [0.4, 0.5) is 0 Å². The fraction of sp³-hybridized carbons (Fsp3) is 0.286. The topological polar surface area (TPSA) is 88.0 Å². The molecule has 1 fully saturated rings. The number of amides is 1. The maximum Gasteiger partial charge on any atom is 0.267 e. The Hall–Kier alpha value is -3.15. The zero-order valence-corrected chi connectivity index (χ0v) is 15.1. The Bertz CT molecular complexity index is 966. The second-order valence-corrected chi connectivity index (χ2v) is 6.91. The van der Waals surface area contributed by atoms with E-state index in [-0.39, 0.29) is 17.7 Å². The summed E-state index contributed by atoms with van der Waals surface area (Å²) in [5.74, 6) is 0.0621. The highest BCUT2D eigenvalue weighted by Crippen LogP contribution is 2.27. The monoisotopic (exact) mass is 363 g/mol. The molecule has 0 bridgehead atoms. The molecule has 6 heteroatoms. The lowest BCUT2D eigenvalue weighted by Crippen LogP contribution is -2.32. The molecule has 0 spiro atoms. The molecule has 0 unspecified atom stereocenters. The Labute approximate surface area is 157 Å². The van der Waals surface area contributed by atoms with Gasteiger partial charge in [-0.25, -0.2) is 0 Å². The quantitative estimate of drug-likeness (QED) is 0.673. The van der Waals surface area contributed by atoms with Gasteiger partial charge in [0.25, 0.3) is 5.91 Å². The number of nitrogens with one attached hydrogen (secondary N) is 2. The van der Waals surface area contributed by atoms with Crippen LogP contribution in [0.3, 0.4) is 0 Å². The predicted octanol–water partition coefficient (Wildman–Crippen LogP) is 3.88. The number of aromatic nitrogens is 2. The molecule has 2 aromatic heterocycles. The van der Waals surface area contributed by atoms with Crippen LogP contribution in [0.2, 0.25) is 0 Å². The van der Waals surface area contributed by atoms with Crippen LogP contribution in [0.5, 0.6) is 0 Å². The molecule has 0 radical (unpaired) electrons. The molecule has 1 amide bonds. The predicted molar refractivity (Wildman–Crippen MR) is 101 cm³/mol. The SMILES string of the molecule is Cc1onc(-c2ccccc2)c1C(=O)c1c[nH]c(C(=O)NC2CCCC2)c1. The van der Waals surface area contributed by atoms with E-state index in [1.54, 1.807) is 19.2 Å². The van der Waals surface area contributed by atoms with E-state index >= 15 is 0 Å². The van der Waals surface area contributed by atoms with Crippen LogP contribution in [0.15, 0.2) is 47.1 Å². The van der Waals surface area contributed by atoms with Gasteiger partial charge in [-0.2, -0.15) is 0 Å². The standard InChI is InChI=1S/C21H21N3O3/c1-13-18(19(24-27-13)14-7-3-2-4-8-14)20(25)15-11-17(22-12-15)21(26)23-16-9-5-6-10-16/h2-4,7-8,11-12,16,22H,5-6,9-10H2,1H3,(H,23,26). The Kier molecular flexibility index (Phi) is 4.62. The first-order chi connectivity index (χ1) is 13.1. The summed E-state index contributed by atoms with van der Waals surface area (Å²) in [5.41, 5.74) is 2.54. The Morgan fingerprint density at radius 3 is 2.67 bits per heavy atom. The van der Waals surface area contributed by atoms with Gasteiger partial charge in [0.05, 0.1) is 5.56 Å². The van der Waals surface area contributed by atoms with Crippen LogP contribution in [0, 0.1) is 6.92 Å². The maximum atomic E-state index is 13.1. The van der Waals surface area contributed by atoms with Gasteiger partial charge < -0.3 is 14.8 Å². The third-order valence-electron chi connectivity index (χ3n) is 5.02. The fourth-order valence-corrected chi connectivity index (χ4v) is 3.57. The summed E-state index contributed by atoms with van der Waals surface area (Å²) in [7, 11) is 0. The van der Waals surface area contributed by atoms with Gasteiger partial charge in [-0.1, -0.05) is 48.3 Å². The van der Waals surface area contributed by atoms with E-state index in [0.29, 0.717) is 28.3 Å². The van der Waals surface area contributed by atoms with E-state index in [9.17, 15) is 9.59 Å². The molecule has 4 rings (SSSR count). The van der Waals surface area contributed by atoms with Crippen LogP contribution in [-0.2, 0) is 0 Å². The van der Waals surface area contributed by atoms with Crippen molar-refractivity contribution in [3.05, 3.63) is 65.2 Å². The van der Waals surface area contributed by atoms with E-state index in [2.05, 4.69) is 15.5 Å². The van der Waals surface area contributed by atoms with Crippen molar-refractivity contribution in [1.82, 2.24) is 15.5 Å². The van der Waals surface area contributed by atoms with Gasteiger partial charge in [0.15, 0.2) is 5.78 Å². The summed E-state index contributed by atoms with van der Waals surface area (Å²) < 4.78 is 5.28. The molecule has 3 aromatic rings. The van der Waals surface area contributed by atoms with Crippen molar-refractivity contribution in [2.24, 2.45) is 0 Å². The molecule has 0 aliphatic heterocycles. The van der Waals surface area contributed by atoms with Crippen molar-refractivity contribution in [1.29, 1.82) is 0 Å². The van der Waals surface area contributed by atoms with Gasteiger partial charge in [0, 0.05) is 23.4 Å². The Morgan fingerprint density at radius 2 is 1.93 bits per heavy atom. The summed E-state index contributed by atoms with van der Waals surface area (Å²) in [6, 6.07) is 11.2. The average Bonchev–Trinajstić information content (AvgIpc) is 3.42. The molecule has 27 heavy (non-hydrogen) atoms. The highest BCUT2D eigenvalue weighted by molar-refractivity contribution is 6.13. The van der Waals surface area contributed by atoms with Crippen molar-refractivity contribution in [3.63, 3.8) is 0 Å². The number of aromatic amines is 1. The minimum atomic E-state index is -0.219. The Balaban J connectivity index is 1.58. The minimum Gasteiger partial charge on any atom is -0.360 e. The highest BCUT2D eigenvalue weighted by Gasteiger charge is 2.25. The first kappa shape index (κ1) is 17.3. The number of benzene rings is 1. The first-order valence-corrected chi connectivity index (χ1v) is 9.19. The summed E-state index contributed by atoms with van der Waals surface area (Å²) in [4.78, 5) is 28.4. The lowest BCUT2D eigenvalue weighted by molar-refractivity contribution is 0.0933. The second kappa shape index (κ2) is 7.23. The zero-order chi connectivity index (χ0) is 18.8. The molecule has 1 aliphatic carbocycles. The summed E-state index contributed by atoms with van der Waals surface area (Å²) in [6.45, 7) is 1.72. The molecule has 2 heterocycles. The molecular weight excluding hydrogens is 342 g/mol. The molecule has 0 saturated heterocycles. The summed E-state index contributed by atoms with van der Waals surface area (Å²) >= 11 is 0. The Morgan fingerprint density at radius 1 is 1.19 bits per heavy atom. The van der Waals surface area contributed by atoms with E-state index in [1.165, 1.54) is 0 Å². The fourth-order valence-electron chi connectivity index (χ4n) is 3.57. The lowest BCUT2D eigenvalue weighted by Gasteiger charge is -2.10. The van der Waals surface area contributed by atoms with Crippen molar-refractivity contribution >= 4 is 11.7 Å². The molecule has 6 nitrogen and oxygen atoms in total. The number of nitrogens with zero attached hydrogens (tertiary/aromatic N) is 1. The number of carbonyl (C=O) groups is 2. The van der Waals surface area contributed by atoms with E-state index < -0.39 is 0 Å². The van der Waals surface area contributed by atoms with Crippen LogP contribution in [0.1, 0.15) is 57.9 Å².